The first-order valence-electron chi connectivity index (χ1n) is 28.2. The lowest BCUT2D eigenvalue weighted by Crippen LogP contribution is -2.41. The Balaban J connectivity index is 0.0000101. The molecule has 0 amide bonds. The van der Waals surface area contributed by atoms with Crippen molar-refractivity contribution in [2.45, 2.75) is 260 Å². The molecule has 64 heavy (non-hydrogen) atoms. The van der Waals surface area contributed by atoms with Gasteiger partial charge in [-0.2, -0.15) is 0 Å². The number of ether oxygens (including phenoxy) is 3. The molecule has 0 aliphatic carbocycles. The number of unbranched alkanes of at least 4 members (excludes halogenated alkanes) is 19. The fraction of sp³-hybridized carbons (Fsp3) is 0.862. The first-order valence-corrected chi connectivity index (χ1v) is 28.2. The van der Waals surface area contributed by atoms with Crippen LogP contribution in [0.5, 0.6) is 0 Å². The molecular weight excluding hydrogens is 791 g/mol. The molecule has 4 unspecified atom stereocenters. The fourth-order valence-electron chi connectivity index (χ4n) is 9.72. The van der Waals surface area contributed by atoms with Gasteiger partial charge in [-0.25, -0.2) is 0 Å². The summed E-state index contributed by atoms with van der Waals surface area (Å²) in [6.45, 7) is 19.2. The topological polar surface area (TPSA) is 65.1 Å². The van der Waals surface area contributed by atoms with Crippen LogP contribution in [-0.2, 0) is 30.4 Å². The smallest absolute Gasteiger partial charge is 0.308 e. The molecule has 1 fully saturated rings. The predicted octanol–water partition coefficient (Wildman–Crippen LogP) is 17.0. The number of carbonyl (C=O) groups excluding carboxylic acids is 2. The molecule has 4 atom stereocenters. The van der Waals surface area contributed by atoms with E-state index in [0.717, 1.165) is 103 Å². The Kier molecular flexibility index (Phi) is 42.2. The van der Waals surface area contributed by atoms with E-state index in [4.69, 9.17) is 14.2 Å². The van der Waals surface area contributed by atoms with E-state index in [2.05, 4.69) is 62.9 Å². The molecule has 1 aromatic rings. The van der Waals surface area contributed by atoms with Crippen LogP contribution in [0.2, 0.25) is 0 Å². The normalized spacial score (nSPS) is 16.2. The standard InChI is InChI=1S/C56H101NO5.C2H6/c1-5-9-13-17-19-26-40-53(38-24-15-11-7-3)55(58)61-44-31-28-36-51-46-52(48-57(47-51)42-30-33-43-60-49-50-34-22-21-23-35-50)37-29-32-45-62-56(59)54(39-25-16-12-8-4)41-27-20-18-14-10-6-2;1-2/h21-23,34-35,51-54H,5-20,24-33,36-49H2,1-4H3;1-2H3. The average Bonchev–Trinajstić information content (AvgIpc) is 3.31. The summed E-state index contributed by atoms with van der Waals surface area (Å²) >= 11 is 0. The Labute approximate surface area is 398 Å². The number of likely N-dealkylation sites (tertiary alicyclic amines) is 1. The summed E-state index contributed by atoms with van der Waals surface area (Å²) in [5.41, 5.74) is 1.24. The van der Waals surface area contributed by atoms with E-state index in [-0.39, 0.29) is 23.8 Å². The molecule has 0 radical (unpaired) electrons. The monoisotopic (exact) mass is 898 g/mol. The maximum atomic E-state index is 13.3. The largest absolute Gasteiger partial charge is 0.465 e. The lowest BCUT2D eigenvalue weighted by atomic mass is 9.83. The van der Waals surface area contributed by atoms with Crippen LogP contribution in [-0.4, -0.2) is 56.3 Å². The van der Waals surface area contributed by atoms with Crippen LogP contribution in [0.1, 0.15) is 259 Å². The maximum absolute atomic E-state index is 13.3. The Morgan fingerprint density at radius 1 is 0.500 bits per heavy atom. The minimum atomic E-state index is 0.0673. The van der Waals surface area contributed by atoms with E-state index >= 15 is 0 Å². The first kappa shape index (κ1) is 60.1. The number of hydrogen-bond donors (Lipinski definition) is 0. The Bertz CT molecular complexity index is 1080. The van der Waals surface area contributed by atoms with Crippen molar-refractivity contribution >= 4 is 11.9 Å². The lowest BCUT2D eigenvalue weighted by molar-refractivity contribution is -0.150. The summed E-state index contributed by atoms with van der Waals surface area (Å²) in [6, 6.07) is 10.5. The molecule has 0 aromatic heterocycles. The van der Waals surface area contributed by atoms with Crippen LogP contribution in [0.4, 0.5) is 0 Å². The Morgan fingerprint density at radius 2 is 0.891 bits per heavy atom. The van der Waals surface area contributed by atoms with Gasteiger partial charge in [0.1, 0.15) is 0 Å². The zero-order valence-corrected chi connectivity index (χ0v) is 43.5. The molecule has 1 aromatic carbocycles. The second-order valence-electron chi connectivity index (χ2n) is 19.5. The lowest BCUT2D eigenvalue weighted by Gasteiger charge is -2.38. The average molecular weight is 898 g/mol. The molecule has 0 bridgehead atoms. The number of nitrogens with zero attached hydrogens (tertiary/aromatic N) is 1. The van der Waals surface area contributed by atoms with E-state index < -0.39 is 0 Å². The van der Waals surface area contributed by atoms with Crippen molar-refractivity contribution in [1.82, 2.24) is 4.90 Å². The minimum Gasteiger partial charge on any atom is -0.465 e. The second-order valence-corrected chi connectivity index (χ2v) is 19.5. The van der Waals surface area contributed by atoms with E-state index in [0.29, 0.717) is 31.7 Å². The predicted molar refractivity (Wildman–Crippen MR) is 275 cm³/mol. The molecule has 0 saturated carbocycles. The SMILES string of the molecule is CC.CCCCCCCCC(CCCCCC)C(=O)OCCCCC1CC(CCCCOC(=O)C(CCCCCC)CCCCCCCC)CN(CCCCOCc2ccccc2)C1. The van der Waals surface area contributed by atoms with E-state index in [1.165, 1.54) is 141 Å². The van der Waals surface area contributed by atoms with Gasteiger partial charge in [-0.3, -0.25) is 9.59 Å². The first-order chi connectivity index (χ1) is 31.5. The summed E-state index contributed by atoms with van der Waals surface area (Å²) in [7, 11) is 0. The highest BCUT2D eigenvalue weighted by atomic mass is 16.5. The Hall–Kier alpha value is -1.92. The fourth-order valence-corrected chi connectivity index (χ4v) is 9.72. The quantitative estimate of drug-likeness (QED) is 0.0481. The van der Waals surface area contributed by atoms with Gasteiger partial charge in [-0.1, -0.05) is 200 Å². The molecule has 6 heteroatoms. The number of benzene rings is 1. The van der Waals surface area contributed by atoms with Crippen LogP contribution in [0.15, 0.2) is 30.3 Å². The molecule has 0 spiro atoms. The summed E-state index contributed by atoms with van der Waals surface area (Å²) in [5.74, 6) is 1.67. The summed E-state index contributed by atoms with van der Waals surface area (Å²) in [4.78, 5) is 29.3. The number of hydrogen-bond acceptors (Lipinski definition) is 6. The van der Waals surface area contributed by atoms with Crippen molar-refractivity contribution < 1.29 is 23.8 Å². The van der Waals surface area contributed by atoms with Crippen LogP contribution in [0, 0.1) is 23.7 Å². The number of rotatable bonds is 43. The maximum Gasteiger partial charge on any atom is 0.308 e. The molecular formula is C58H107NO5. The molecule has 1 aliphatic rings. The van der Waals surface area contributed by atoms with Crippen LogP contribution >= 0.6 is 0 Å². The van der Waals surface area contributed by atoms with Crippen molar-refractivity contribution in [3.63, 3.8) is 0 Å². The second kappa shape index (κ2) is 44.9. The van der Waals surface area contributed by atoms with Crippen molar-refractivity contribution in [2.24, 2.45) is 23.7 Å². The van der Waals surface area contributed by atoms with E-state index in [1.807, 2.05) is 13.8 Å². The van der Waals surface area contributed by atoms with E-state index in [9.17, 15) is 9.59 Å². The minimum absolute atomic E-state index is 0.0673. The van der Waals surface area contributed by atoms with Crippen molar-refractivity contribution in [1.29, 1.82) is 0 Å². The van der Waals surface area contributed by atoms with Gasteiger partial charge in [0.05, 0.1) is 31.7 Å². The molecule has 1 heterocycles. The van der Waals surface area contributed by atoms with Crippen molar-refractivity contribution in [3.8, 4) is 0 Å². The Morgan fingerprint density at radius 3 is 1.33 bits per heavy atom. The van der Waals surface area contributed by atoms with Crippen molar-refractivity contribution in [2.75, 3.05) is 39.5 Å². The highest BCUT2D eigenvalue weighted by molar-refractivity contribution is 5.72. The molecule has 374 valence electrons. The van der Waals surface area contributed by atoms with Gasteiger partial charge in [0.25, 0.3) is 0 Å². The third-order valence-electron chi connectivity index (χ3n) is 13.6. The number of piperidine rings is 1. The summed E-state index contributed by atoms with van der Waals surface area (Å²) in [5, 5.41) is 0. The highest BCUT2D eigenvalue weighted by Crippen LogP contribution is 2.30. The van der Waals surface area contributed by atoms with Crippen LogP contribution in [0.3, 0.4) is 0 Å². The summed E-state index contributed by atoms with van der Waals surface area (Å²) in [6.07, 6.45) is 39.1. The molecule has 1 saturated heterocycles. The van der Waals surface area contributed by atoms with Gasteiger partial charge in [0.2, 0.25) is 0 Å². The molecule has 1 aliphatic heterocycles. The van der Waals surface area contributed by atoms with Gasteiger partial charge in [0.15, 0.2) is 0 Å². The molecule has 6 nitrogen and oxygen atoms in total. The van der Waals surface area contributed by atoms with Crippen LogP contribution in [0.25, 0.3) is 0 Å². The van der Waals surface area contributed by atoms with Gasteiger partial charge in [-0.05, 0) is 107 Å². The van der Waals surface area contributed by atoms with Gasteiger partial charge in [-0.15, -0.1) is 0 Å². The van der Waals surface area contributed by atoms with Gasteiger partial charge >= 0.3 is 11.9 Å². The van der Waals surface area contributed by atoms with Crippen LogP contribution < -0.4 is 0 Å². The highest BCUT2D eigenvalue weighted by Gasteiger charge is 2.27. The molecule has 0 N–H and O–H groups in total. The third-order valence-corrected chi connectivity index (χ3v) is 13.6. The zero-order chi connectivity index (χ0) is 46.6. The van der Waals surface area contributed by atoms with Gasteiger partial charge < -0.3 is 19.1 Å². The summed E-state index contributed by atoms with van der Waals surface area (Å²) < 4.78 is 18.0. The third kappa shape index (κ3) is 33.5. The molecule has 2 rings (SSSR count). The van der Waals surface area contributed by atoms with Crippen molar-refractivity contribution in [3.05, 3.63) is 35.9 Å². The van der Waals surface area contributed by atoms with E-state index in [1.54, 1.807) is 0 Å². The van der Waals surface area contributed by atoms with Gasteiger partial charge in [0, 0.05) is 19.7 Å². The number of carbonyl (C=O) groups is 2. The zero-order valence-electron chi connectivity index (χ0n) is 43.5. The number of esters is 2.